The largest absolute Gasteiger partial charge is 0.361 e. The van der Waals surface area contributed by atoms with E-state index in [4.69, 9.17) is 30.5 Å². The van der Waals surface area contributed by atoms with Gasteiger partial charge in [-0.1, -0.05) is 27.7 Å². The van der Waals surface area contributed by atoms with E-state index in [0.29, 0.717) is 65.2 Å². The Morgan fingerprint density at radius 2 is 0.897 bits per heavy atom. The third-order valence-corrected chi connectivity index (χ3v) is 3.70. The minimum absolute atomic E-state index is 0.0944. The third-order valence-electron chi connectivity index (χ3n) is 3.53. The summed E-state index contributed by atoms with van der Waals surface area (Å²) in [7, 11) is 0. The summed E-state index contributed by atoms with van der Waals surface area (Å²) in [5.41, 5.74) is 0. The fraction of sp³-hybridized carbons (Fsp3) is 0.842. The Kier molecular flexibility index (Phi) is 14.7. The van der Waals surface area contributed by atoms with Gasteiger partial charge in [0.2, 0.25) is 17.2 Å². The van der Waals surface area contributed by atoms with E-state index in [2.05, 4.69) is 42.6 Å². The van der Waals surface area contributed by atoms with Crippen LogP contribution < -0.4 is 9.80 Å². The zero-order valence-corrected chi connectivity index (χ0v) is 19.0. The predicted molar refractivity (Wildman–Crippen MR) is 114 cm³/mol. The van der Waals surface area contributed by atoms with Gasteiger partial charge in [0.15, 0.2) is 0 Å². The van der Waals surface area contributed by atoms with E-state index in [0.717, 1.165) is 25.7 Å². The second-order valence-corrected chi connectivity index (χ2v) is 6.77. The predicted octanol–water partition coefficient (Wildman–Crippen LogP) is 3.67. The highest BCUT2D eigenvalue weighted by Crippen LogP contribution is 2.17. The van der Waals surface area contributed by atoms with Crippen molar-refractivity contribution >= 4 is 23.5 Å². The SMILES string of the molecule is CCCOCN(COCCC)c1nc(Cl)nc(N(COCCC)COCCC)n1. The summed E-state index contributed by atoms with van der Waals surface area (Å²) < 4.78 is 22.7. The molecular formula is C19H36ClN5O4. The quantitative estimate of drug-likeness (QED) is 0.254. The molecule has 1 rings (SSSR count). The molecule has 0 bridgehead atoms. The molecule has 168 valence electrons. The molecule has 0 aliphatic rings. The van der Waals surface area contributed by atoms with Crippen molar-refractivity contribution in [2.24, 2.45) is 0 Å². The smallest absolute Gasteiger partial charge is 0.235 e. The Morgan fingerprint density at radius 3 is 1.17 bits per heavy atom. The monoisotopic (exact) mass is 433 g/mol. The van der Waals surface area contributed by atoms with Crippen LogP contribution in [0.25, 0.3) is 0 Å². The number of aromatic nitrogens is 3. The maximum atomic E-state index is 6.20. The minimum atomic E-state index is 0.0944. The normalized spacial score (nSPS) is 11.1. The number of halogens is 1. The molecule has 10 heteroatoms. The van der Waals surface area contributed by atoms with Crippen LogP contribution in [-0.2, 0) is 18.9 Å². The molecule has 0 N–H and O–H groups in total. The summed E-state index contributed by atoms with van der Waals surface area (Å²) in [4.78, 5) is 16.7. The lowest BCUT2D eigenvalue weighted by Crippen LogP contribution is -2.34. The molecule has 0 saturated carbocycles. The Labute approximate surface area is 179 Å². The number of hydrogen-bond donors (Lipinski definition) is 0. The zero-order chi connectivity index (χ0) is 21.3. The summed E-state index contributed by atoms with van der Waals surface area (Å²) >= 11 is 6.20. The van der Waals surface area contributed by atoms with Crippen molar-refractivity contribution < 1.29 is 18.9 Å². The first kappa shape index (κ1) is 25.8. The van der Waals surface area contributed by atoms with Crippen LogP contribution in [0.4, 0.5) is 11.9 Å². The molecule has 0 amide bonds. The van der Waals surface area contributed by atoms with Crippen LogP contribution in [0.15, 0.2) is 0 Å². The van der Waals surface area contributed by atoms with Crippen LogP contribution >= 0.6 is 11.6 Å². The van der Waals surface area contributed by atoms with Gasteiger partial charge in [-0.2, -0.15) is 15.0 Å². The lowest BCUT2D eigenvalue weighted by Gasteiger charge is -2.25. The van der Waals surface area contributed by atoms with Crippen LogP contribution in [0.5, 0.6) is 0 Å². The summed E-state index contributed by atoms with van der Waals surface area (Å²) in [6.45, 7) is 12.0. The van der Waals surface area contributed by atoms with Gasteiger partial charge in [0, 0.05) is 26.4 Å². The zero-order valence-electron chi connectivity index (χ0n) is 18.2. The van der Waals surface area contributed by atoms with Crippen molar-refractivity contribution in [3.05, 3.63) is 5.28 Å². The molecule has 0 fully saturated rings. The molecule has 0 aliphatic heterocycles. The Morgan fingerprint density at radius 1 is 0.586 bits per heavy atom. The lowest BCUT2D eigenvalue weighted by atomic mass is 10.5. The molecule has 0 spiro atoms. The van der Waals surface area contributed by atoms with Crippen LogP contribution in [0.3, 0.4) is 0 Å². The third kappa shape index (κ3) is 10.9. The highest BCUT2D eigenvalue weighted by molar-refractivity contribution is 6.28. The highest BCUT2D eigenvalue weighted by atomic mass is 35.5. The van der Waals surface area contributed by atoms with Gasteiger partial charge in [0.1, 0.15) is 26.9 Å². The molecule has 1 aromatic rings. The molecule has 0 aromatic carbocycles. The van der Waals surface area contributed by atoms with Gasteiger partial charge >= 0.3 is 0 Å². The van der Waals surface area contributed by atoms with Gasteiger partial charge in [0.25, 0.3) is 0 Å². The first-order chi connectivity index (χ1) is 14.2. The van der Waals surface area contributed by atoms with Crippen molar-refractivity contribution in [3.63, 3.8) is 0 Å². The van der Waals surface area contributed by atoms with E-state index >= 15 is 0 Å². The molecule has 0 radical (unpaired) electrons. The Hall–Kier alpha value is -1.26. The van der Waals surface area contributed by atoms with Crippen LogP contribution in [0.2, 0.25) is 5.28 Å². The average Bonchev–Trinajstić information content (AvgIpc) is 2.71. The van der Waals surface area contributed by atoms with E-state index in [1.165, 1.54) is 0 Å². The Bertz CT molecular complexity index is 479. The molecule has 0 unspecified atom stereocenters. The molecule has 9 nitrogen and oxygen atoms in total. The summed E-state index contributed by atoms with van der Waals surface area (Å²) in [6, 6.07) is 0. The van der Waals surface area contributed by atoms with E-state index in [9.17, 15) is 0 Å². The van der Waals surface area contributed by atoms with Gasteiger partial charge in [-0.25, -0.2) is 0 Å². The lowest BCUT2D eigenvalue weighted by molar-refractivity contribution is 0.0822. The minimum Gasteiger partial charge on any atom is -0.361 e. The van der Waals surface area contributed by atoms with Crippen molar-refractivity contribution in [1.29, 1.82) is 0 Å². The van der Waals surface area contributed by atoms with Crippen LogP contribution in [0, 0.1) is 0 Å². The number of rotatable bonds is 18. The molecule has 0 aliphatic carbocycles. The van der Waals surface area contributed by atoms with E-state index < -0.39 is 0 Å². The van der Waals surface area contributed by atoms with Crippen molar-refractivity contribution in [2.75, 3.05) is 63.2 Å². The fourth-order valence-electron chi connectivity index (χ4n) is 2.19. The number of anilines is 2. The average molecular weight is 434 g/mol. The second-order valence-electron chi connectivity index (χ2n) is 6.43. The number of ether oxygens (including phenoxy) is 4. The number of hydrogen-bond acceptors (Lipinski definition) is 9. The molecule has 29 heavy (non-hydrogen) atoms. The van der Waals surface area contributed by atoms with E-state index in [1.807, 2.05) is 0 Å². The fourth-order valence-corrected chi connectivity index (χ4v) is 2.35. The summed E-state index contributed by atoms with van der Waals surface area (Å²) in [6.07, 6.45) is 3.68. The molecule has 1 heterocycles. The molecule has 0 saturated heterocycles. The van der Waals surface area contributed by atoms with Crippen molar-refractivity contribution in [2.45, 2.75) is 53.4 Å². The first-order valence-electron chi connectivity index (χ1n) is 10.4. The number of nitrogens with zero attached hydrogens (tertiary/aromatic N) is 5. The van der Waals surface area contributed by atoms with Gasteiger partial charge in [-0.3, -0.25) is 9.80 Å². The van der Waals surface area contributed by atoms with Crippen molar-refractivity contribution in [3.8, 4) is 0 Å². The standard InChI is InChI=1S/C19H36ClN5O4/c1-5-9-26-13-24(14-27-10-6-2)18-21-17(20)22-19(23-18)25(15-28-11-7-3)16-29-12-8-4/h5-16H2,1-4H3. The summed E-state index contributed by atoms with van der Waals surface area (Å²) in [5, 5.41) is 0.0944. The highest BCUT2D eigenvalue weighted by Gasteiger charge is 2.18. The topological polar surface area (TPSA) is 82.1 Å². The molecule has 1 aromatic heterocycles. The van der Waals surface area contributed by atoms with Gasteiger partial charge < -0.3 is 18.9 Å². The Balaban J connectivity index is 2.98. The van der Waals surface area contributed by atoms with E-state index in [-0.39, 0.29) is 5.28 Å². The van der Waals surface area contributed by atoms with Gasteiger partial charge in [-0.05, 0) is 37.3 Å². The molecular weight excluding hydrogens is 398 g/mol. The van der Waals surface area contributed by atoms with Gasteiger partial charge in [0.05, 0.1) is 0 Å². The van der Waals surface area contributed by atoms with E-state index in [1.54, 1.807) is 9.80 Å². The maximum Gasteiger partial charge on any atom is 0.235 e. The van der Waals surface area contributed by atoms with Crippen LogP contribution in [-0.4, -0.2) is 68.3 Å². The van der Waals surface area contributed by atoms with Gasteiger partial charge in [-0.15, -0.1) is 0 Å². The van der Waals surface area contributed by atoms with Crippen molar-refractivity contribution in [1.82, 2.24) is 15.0 Å². The second kappa shape index (κ2) is 16.5. The van der Waals surface area contributed by atoms with Crippen LogP contribution in [0.1, 0.15) is 53.4 Å². The first-order valence-corrected chi connectivity index (χ1v) is 10.8. The summed E-state index contributed by atoms with van der Waals surface area (Å²) in [5.74, 6) is 0.784. The maximum absolute atomic E-state index is 6.20. The molecule has 0 atom stereocenters.